The summed E-state index contributed by atoms with van der Waals surface area (Å²) in [5.41, 5.74) is 2.55. The largest absolute Gasteiger partial charge is 0.586 e. The van der Waals surface area contributed by atoms with Gasteiger partial charge in [-0.15, -0.1) is 20.1 Å². The first-order valence-electron chi connectivity index (χ1n) is 12.0. The Morgan fingerprint density at radius 3 is 2.35 bits per heavy atom. The number of primary amides is 1. The Morgan fingerprint density at radius 2 is 1.77 bits per heavy atom. The quantitative estimate of drug-likeness (QED) is 0.414. The van der Waals surface area contributed by atoms with E-state index in [1.54, 1.807) is 6.07 Å². The maximum Gasteiger partial charge on any atom is 0.586 e. The summed E-state index contributed by atoms with van der Waals surface area (Å²) in [4.78, 5) is 30.3. The maximum atomic E-state index is 13.9. The third-order valence-corrected chi connectivity index (χ3v) is 8.66. The summed E-state index contributed by atoms with van der Waals surface area (Å²) in [7, 11) is 1.36. The summed E-state index contributed by atoms with van der Waals surface area (Å²) in [6.07, 6.45) is -9.15. The molecule has 0 unspecified atom stereocenters. The minimum Gasteiger partial charge on any atom is -0.496 e. The number of methoxy groups -OCH3 is 1. The van der Waals surface area contributed by atoms with Gasteiger partial charge in [-0.2, -0.15) is 13.2 Å². The number of benzene rings is 2. The average Bonchev–Trinajstić information content (AvgIpc) is 3.45. The van der Waals surface area contributed by atoms with Crippen LogP contribution in [0.15, 0.2) is 24.3 Å². The topological polar surface area (TPSA) is 122 Å². The van der Waals surface area contributed by atoms with Gasteiger partial charge < -0.3 is 30.0 Å². The molecule has 9 nitrogen and oxygen atoms in total. The van der Waals surface area contributed by atoms with Crippen LogP contribution < -0.4 is 25.3 Å². The van der Waals surface area contributed by atoms with Gasteiger partial charge in [0.1, 0.15) is 16.3 Å². The number of hydrogen-bond acceptors (Lipinski definition) is 8. The molecule has 3 fully saturated rings. The first-order valence-corrected chi connectivity index (χ1v) is 12.8. The first-order chi connectivity index (χ1) is 18.8. The van der Waals surface area contributed by atoms with Crippen LogP contribution in [0.2, 0.25) is 0 Å². The van der Waals surface area contributed by atoms with Crippen molar-refractivity contribution in [3.8, 4) is 27.8 Å². The lowest BCUT2D eigenvalue weighted by atomic mass is 9.70. The van der Waals surface area contributed by atoms with Gasteiger partial charge in [-0.3, -0.25) is 9.59 Å². The monoisotopic (exact) mass is 585 g/mol. The zero-order valence-corrected chi connectivity index (χ0v) is 21.4. The highest BCUT2D eigenvalue weighted by Gasteiger charge is 2.63. The molecular weight excluding hydrogens is 565 g/mol. The highest BCUT2D eigenvalue weighted by molar-refractivity contribution is 7.22. The number of halogens is 5. The molecule has 4 heterocycles. The Balaban J connectivity index is 1.41. The highest BCUT2D eigenvalue weighted by atomic mass is 32.1. The van der Waals surface area contributed by atoms with E-state index < -0.39 is 41.2 Å². The number of nitrogens with two attached hydrogens (primary N) is 1. The first kappa shape index (κ1) is 26.5. The van der Waals surface area contributed by atoms with Crippen LogP contribution in [0.1, 0.15) is 46.4 Å². The molecule has 3 aliphatic heterocycles. The standard InChI is InChI=1S/C25H20F5N3O6S/c1-36-14-3-2-13-18(17(14)19(31)34)40-21(32-13)12-9-16-15(38-25(29,30)39-16)8-11(12)20(35)33-22-4-6-23(7-5-22,37-10-22)24(26,27)28/h2-3,8-9H,4-7,10H2,1H3,(H2,31,34)(H,33,35). The van der Waals surface area contributed by atoms with Crippen molar-refractivity contribution < 1.29 is 50.5 Å². The molecule has 0 atom stereocenters. The van der Waals surface area contributed by atoms with Crippen LogP contribution >= 0.6 is 11.3 Å². The van der Waals surface area contributed by atoms with E-state index in [0.717, 1.165) is 23.5 Å². The van der Waals surface area contributed by atoms with Crippen molar-refractivity contribution >= 4 is 33.4 Å². The second kappa shape index (κ2) is 8.64. The SMILES string of the molecule is COc1ccc2nc(-c3cc4c(cc3C(=O)NC35CCC(C(F)(F)F)(CC3)OC5)OC(F)(F)O4)sc2c1C(N)=O. The number of fused-ring (bicyclic) bond motifs is 5. The summed E-state index contributed by atoms with van der Waals surface area (Å²) >= 11 is 0.967. The molecule has 15 heteroatoms. The number of rotatable bonds is 5. The summed E-state index contributed by atoms with van der Waals surface area (Å²) in [5, 5.41) is 2.94. The molecular formula is C25H20F5N3O6S. The van der Waals surface area contributed by atoms with Gasteiger partial charge in [0.15, 0.2) is 17.1 Å². The lowest BCUT2D eigenvalue weighted by Crippen LogP contribution is -2.66. The molecule has 0 radical (unpaired) electrons. The van der Waals surface area contributed by atoms with Gasteiger partial charge in [-0.1, -0.05) is 0 Å². The van der Waals surface area contributed by atoms with E-state index in [1.165, 1.54) is 13.2 Å². The van der Waals surface area contributed by atoms with Gasteiger partial charge in [0.25, 0.3) is 11.8 Å². The molecule has 2 aromatic carbocycles. The number of aromatic nitrogens is 1. The molecule has 1 aromatic heterocycles. The van der Waals surface area contributed by atoms with E-state index in [0.29, 0.717) is 10.2 Å². The van der Waals surface area contributed by atoms with Crippen molar-refractivity contribution in [1.82, 2.24) is 10.3 Å². The summed E-state index contributed by atoms with van der Waals surface area (Å²) in [6, 6.07) is 5.28. The van der Waals surface area contributed by atoms with Gasteiger partial charge >= 0.3 is 12.5 Å². The maximum absolute atomic E-state index is 13.9. The third kappa shape index (κ3) is 4.10. The fraction of sp³-hybridized carbons (Fsp3) is 0.400. The molecule has 7 rings (SSSR count). The third-order valence-electron chi connectivity index (χ3n) is 7.54. The van der Waals surface area contributed by atoms with Gasteiger partial charge in [0, 0.05) is 5.56 Å². The number of alkyl halides is 5. The van der Waals surface area contributed by atoms with Crippen LogP contribution in [-0.4, -0.2) is 54.1 Å². The Kier molecular flexibility index (Phi) is 5.72. The number of amides is 2. The lowest BCUT2D eigenvalue weighted by Gasteiger charge is -2.53. The van der Waals surface area contributed by atoms with Crippen molar-refractivity contribution in [2.45, 2.75) is 49.3 Å². The van der Waals surface area contributed by atoms with Crippen LogP contribution in [-0.2, 0) is 4.74 Å². The predicted octanol–water partition coefficient (Wildman–Crippen LogP) is 4.77. The lowest BCUT2D eigenvalue weighted by molar-refractivity contribution is -0.317. The average molecular weight is 586 g/mol. The van der Waals surface area contributed by atoms with Crippen LogP contribution in [0.3, 0.4) is 0 Å². The fourth-order valence-corrected chi connectivity index (χ4v) is 6.52. The normalized spacial score (nSPS) is 24.8. The van der Waals surface area contributed by atoms with Gasteiger partial charge in [-0.05, 0) is 49.9 Å². The predicted molar refractivity (Wildman–Crippen MR) is 130 cm³/mol. The Labute approximate surface area is 226 Å². The number of hydrogen-bond donors (Lipinski definition) is 2. The van der Waals surface area contributed by atoms with E-state index in [9.17, 15) is 31.5 Å². The Bertz CT molecular complexity index is 1550. The van der Waals surface area contributed by atoms with E-state index in [-0.39, 0.29) is 65.5 Å². The molecule has 3 aromatic rings. The molecule has 1 saturated carbocycles. The Morgan fingerprint density at radius 1 is 1.10 bits per heavy atom. The minimum absolute atomic E-state index is 0.0130. The smallest absolute Gasteiger partial charge is 0.496 e. The second-order valence-corrected chi connectivity index (χ2v) is 10.9. The van der Waals surface area contributed by atoms with Gasteiger partial charge in [0.2, 0.25) is 0 Å². The van der Waals surface area contributed by atoms with Crippen LogP contribution in [0.5, 0.6) is 17.2 Å². The number of carbonyl (C=O) groups excluding carboxylic acids is 2. The fourth-order valence-electron chi connectivity index (χ4n) is 5.39. The number of nitrogens with one attached hydrogen (secondary N) is 1. The van der Waals surface area contributed by atoms with E-state index in [2.05, 4.69) is 19.8 Å². The molecule has 1 aliphatic carbocycles. The molecule has 0 spiro atoms. The summed E-state index contributed by atoms with van der Waals surface area (Å²) in [6.45, 7) is -0.362. The summed E-state index contributed by atoms with van der Waals surface area (Å²) < 4.78 is 88.4. The number of carbonyl (C=O) groups is 2. The molecule has 2 amide bonds. The number of nitrogens with zero attached hydrogens (tertiary/aromatic N) is 1. The van der Waals surface area contributed by atoms with Gasteiger partial charge in [0.05, 0.1) is 35.0 Å². The van der Waals surface area contributed by atoms with E-state index in [1.807, 2.05) is 0 Å². The second-order valence-electron chi connectivity index (χ2n) is 9.90. The minimum atomic E-state index is -4.54. The van der Waals surface area contributed by atoms with Crippen molar-refractivity contribution in [2.24, 2.45) is 5.73 Å². The van der Waals surface area contributed by atoms with Crippen molar-refractivity contribution in [3.05, 3.63) is 35.4 Å². The summed E-state index contributed by atoms with van der Waals surface area (Å²) in [5.74, 6) is -2.10. The molecule has 3 N–H and O–H groups in total. The van der Waals surface area contributed by atoms with E-state index in [4.69, 9.17) is 15.2 Å². The number of thiazole rings is 1. The highest BCUT2D eigenvalue weighted by Crippen LogP contribution is 2.52. The molecule has 212 valence electrons. The van der Waals surface area contributed by atoms with Crippen molar-refractivity contribution in [1.29, 1.82) is 0 Å². The van der Waals surface area contributed by atoms with Crippen molar-refractivity contribution in [3.63, 3.8) is 0 Å². The van der Waals surface area contributed by atoms with Crippen LogP contribution in [0.4, 0.5) is 22.0 Å². The molecule has 2 bridgehead atoms. The van der Waals surface area contributed by atoms with Gasteiger partial charge in [-0.25, -0.2) is 4.98 Å². The molecule has 2 saturated heterocycles. The van der Waals surface area contributed by atoms with Crippen LogP contribution in [0, 0.1) is 0 Å². The Hall–Kier alpha value is -3.72. The molecule has 40 heavy (non-hydrogen) atoms. The zero-order chi connectivity index (χ0) is 28.7. The number of ether oxygens (including phenoxy) is 4. The molecule has 4 aliphatic rings. The van der Waals surface area contributed by atoms with Crippen molar-refractivity contribution in [2.75, 3.05) is 13.7 Å². The van der Waals surface area contributed by atoms with Crippen LogP contribution in [0.25, 0.3) is 20.8 Å². The van der Waals surface area contributed by atoms with E-state index >= 15 is 0 Å². The zero-order valence-electron chi connectivity index (χ0n) is 20.6.